The molecule has 1 amide bonds. The second-order valence-corrected chi connectivity index (χ2v) is 6.05. The van der Waals surface area contributed by atoms with Crippen LogP contribution in [0.25, 0.3) is 0 Å². The second kappa shape index (κ2) is 9.15. The van der Waals surface area contributed by atoms with Crippen molar-refractivity contribution in [3.8, 4) is 5.75 Å². The van der Waals surface area contributed by atoms with Gasteiger partial charge in [-0.3, -0.25) is 4.79 Å². The number of hydrogen-bond acceptors (Lipinski definition) is 3. The molecule has 0 aliphatic carbocycles. The second-order valence-electron chi connectivity index (χ2n) is 4.94. The molecule has 0 heterocycles. The van der Waals surface area contributed by atoms with Gasteiger partial charge in [-0.15, -0.1) is 0 Å². The van der Waals surface area contributed by atoms with Crippen LogP contribution in [0, 0.1) is 6.92 Å². The normalized spacial score (nSPS) is 10.2. The fourth-order valence-corrected chi connectivity index (χ4v) is 2.76. The molecule has 2 aromatic rings. The molecule has 3 nitrogen and oxygen atoms in total. The highest BCUT2D eigenvalue weighted by Gasteiger charge is 2.03. The quantitative estimate of drug-likeness (QED) is 0.759. The minimum atomic E-state index is -0.0800. The summed E-state index contributed by atoms with van der Waals surface area (Å²) in [6, 6.07) is 18.0. The number of aryl methyl sites for hydroxylation is 1. The Morgan fingerprint density at radius 2 is 1.82 bits per heavy atom. The van der Waals surface area contributed by atoms with Crippen LogP contribution in [0.3, 0.4) is 0 Å². The largest absolute Gasteiger partial charge is 0.484 e. The summed E-state index contributed by atoms with van der Waals surface area (Å²) in [5.41, 5.74) is 2.34. The van der Waals surface area contributed by atoms with E-state index in [1.54, 1.807) is 0 Å². The molecule has 0 spiro atoms. The lowest BCUT2D eigenvalue weighted by molar-refractivity contribution is -0.122. The van der Waals surface area contributed by atoms with Gasteiger partial charge in [0, 0.05) is 18.1 Å². The maximum Gasteiger partial charge on any atom is 0.257 e. The van der Waals surface area contributed by atoms with E-state index < -0.39 is 0 Å². The Kier molecular flexibility index (Phi) is 6.84. The molecule has 0 aromatic heterocycles. The zero-order valence-electron chi connectivity index (χ0n) is 12.7. The van der Waals surface area contributed by atoms with Crippen LogP contribution in [0.15, 0.2) is 54.6 Å². The topological polar surface area (TPSA) is 38.3 Å². The molecule has 22 heavy (non-hydrogen) atoms. The average molecular weight is 315 g/mol. The Morgan fingerprint density at radius 3 is 2.59 bits per heavy atom. The van der Waals surface area contributed by atoms with Crippen molar-refractivity contribution in [2.45, 2.75) is 12.7 Å². The zero-order chi connectivity index (χ0) is 15.6. The molecule has 1 N–H and O–H groups in total. The molecule has 0 fully saturated rings. The molecule has 0 saturated heterocycles. The summed E-state index contributed by atoms with van der Waals surface area (Å²) in [6.45, 7) is 2.69. The molecule has 0 atom stereocenters. The molecule has 0 saturated carbocycles. The van der Waals surface area contributed by atoms with Crippen LogP contribution in [0.2, 0.25) is 0 Å². The van der Waals surface area contributed by atoms with Crippen molar-refractivity contribution in [2.75, 3.05) is 18.9 Å². The summed E-state index contributed by atoms with van der Waals surface area (Å²) in [5.74, 6) is 2.54. The number of thioether (sulfide) groups is 1. The number of ether oxygens (including phenoxy) is 1. The molecule has 116 valence electrons. The number of nitrogens with one attached hydrogen (secondary N) is 1. The van der Waals surface area contributed by atoms with E-state index in [4.69, 9.17) is 4.74 Å². The van der Waals surface area contributed by atoms with Crippen molar-refractivity contribution in [3.63, 3.8) is 0 Å². The van der Waals surface area contributed by atoms with Gasteiger partial charge in [0.15, 0.2) is 6.61 Å². The van der Waals surface area contributed by atoms with E-state index in [1.807, 2.05) is 61.2 Å². The predicted molar refractivity (Wildman–Crippen MR) is 92.3 cm³/mol. The first kappa shape index (κ1) is 16.4. The van der Waals surface area contributed by atoms with Crippen LogP contribution in [0.5, 0.6) is 5.75 Å². The minimum absolute atomic E-state index is 0.0637. The first-order valence-electron chi connectivity index (χ1n) is 7.32. The van der Waals surface area contributed by atoms with Gasteiger partial charge in [-0.2, -0.15) is 11.8 Å². The third-order valence-electron chi connectivity index (χ3n) is 3.13. The van der Waals surface area contributed by atoms with Crippen molar-refractivity contribution in [1.29, 1.82) is 0 Å². The summed E-state index contributed by atoms with van der Waals surface area (Å²) >= 11 is 1.81. The molecule has 2 aromatic carbocycles. The third-order valence-corrected chi connectivity index (χ3v) is 4.16. The van der Waals surface area contributed by atoms with Gasteiger partial charge in [-0.1, -0.05) is 48.5 Å². The maximum atomic E-state index is 11.7. The Labute approximate surface area is 136 Å². The van der Waals surface area contributed by atoms with Gasteiger partial charge in [0.05, 0.1) is 0 Å². The van der Waals surface area contributed by atoms with Crippen LogP contribution in [-0.4, -0.2) is 24.8 Å². The fourth-order valence-electron chi connectivity index (χ4n) is 1.94. The smallest absolute Gasteiger partial charge is 0.257 e. The van der Waals surface area contributed by atoms with Crippen molar-refractivity contribution >= 4 is 17.7 Å². The molecule has 0 aliphatic rings. The molecular formula is C18H21NO2S. The highest BCUT2D eigenvalue weighted by molar-refractivity contribution is 7.98. The average Bonchev–Trinajstić information content (AvgIpc) is 2.55. The monoisotopic (exact) mass is 315 g/mol. The Morgan fingerprint density at radius 1 is 1.09 bits per heavy atom. The summed E-state index contributed by atoms with van der Waals surface area (Å²) in [5, 5.41) is 2.87. The number of hydrogen-bond donors (Lipinski definition) is 1. The van der Waals surface area contributed by atoms with E-state index in [-0.39, 0.29) is 12.5 Å². The van der Waals surface area contributed by atoms with Gasteiger partial charge in [0.25, 0.3) is 5.91 Å². The van der Waals surface area contributed by atoms with Gasteiger partial charge in [-0.25, -0.2) is 0 Å². The summed E-state index contributed by atoms with van der Waals surface area (Å²) in [7, 11) is 0. The molecule has 0 radical (unpaired) electrons. The lowest BCUT2D eigenvalue weighted by Crippen LogP contribution is -2.30. The number of para-hydroxylation sites is 1. The highest BCUT2D eigenvalue weighted by atomic mass is 32.2. The molecule has 0 aliphatic heterocycles. The van der Waals surface area contributed by atoms with Crippen molar-refractivity contribution in [3.05, 3.63) is 65.7 Å². The predicted octanol–water partition coefficient (Wildman–Crippen LogP) is 3.42. The first-order chi connectivity index (χ1) is 10.8. The maximum absolute atomic E-state index is 11.7. The molecule has 4 heteroatoms. The Bertz CT molecular complexity index is 587. The summed E-state index contributed by atoms with van der Waals surface area (Å²) < 4.78 is 5.51. The Hall–Kier alpha value is -1.94. The molecule has 0 bridgehead atoms. The van der Waals surface area contributed by atoms with Crippen LogP contribution in [0.1, 0.15) is 11.1 Å². The lowest BCUT2D eigenvalue weighted by atomic mass is 10.2. The van der Waals surface area contributed by atoms with Crippen LogP contribution in [0.4, 0.5) is 0 Å². The van der Waals surface area contributed by atoms with E-state index in [1.165, 1.54) is 5.56 Å². The van der Waals surface area contributed by atoms with Crippen LogP contribution in [-0.2, 0) is 10.5 Å². The van der Waals surface area contributed by atoms with Gasteiger partial charge >= 0.3 is 0 Å². The van der Waals surface area contributed by atoms with Crippen LogP contribution < -0.4 is 10.1 Å². The third kappa shape index (κ3) is 5.82. The van der Waals surface area contributed by atoms with Gasteiger partial charge in [0.2, 0.25) is 0 Å². The molecular weight excluding hydrogens is 294 g/mol. The first-order valence-corrected chi connectivity index (χ1v) is 8.48. The van der Waals surface area contributed by atoms with Gasteiger partial charge < -0.3 is 10.1 Å². The molecule has 2 rings (SSSR count). The number of amides is 1. The van der Waals surface area contributed by atoms with Crippen LogP contribution >= 0.6 is 11.8 Å². The van der Waals surface area contributed by atoms with Crippen molar-refractivity contribution < 1.29 is 9.53 Å². The number of carbonyl (C=O) groups is 1. The van der Waals surface area contributed by atoms with Crippen molar-refractivity contribution in [2.24, 2.45) is 0 Å². The van der Waals surface area contributed by atoms with E-state index in [0.29, 0.717) is 6.54 Å². The highest BCUT2D eigenvalue weighted by Crippen LogP contribution is 2.15. The Balaban J connectivity index is 1.57. The number of benzene rings is 2. The number of rotatable bonds is 8. The molecule has 0 unspecified atom stereocenters. The lowest BCUT2D eigenvalue weighted by Gasteiger charge is -2.09. The minimum Gasteiger partial charge on any atom is -0.484 e. The fraction of sp³-hybridized carbons (Fsp3) is 0.278. The van der Waals surface area contributed by atoms with Gasteiger partial charge in [-0.05, 0) is 24.1 Å². The van der Waals surface area contributed by atoms with Crippen molar-refractivity contribution in [1.82, 2.24) is 5.32 Å². The number of carbonyl (C=O) groups excluding carboxylic acids is 1. The van der Waals surface area contributed by atoms with Gasteiger partial charge in [0.1, 0.15) is 5.75 Å². The van der Waals surface area contributed by atoms with E-state index in [9.17, 15) is 4.79 Å². The van der Waals surface area contributed by atoms with E-state index in [0.717, 1.165) is 22.8 Å². The SMILES string of the molecule is Cc1ccccc1OCC(=O)NCCSCc1ccccc1. The summed E-state index contributed by atoms with van der Waals surface area (Å²) in [4.78, 5) is 11.7. The zero-order valence-corrected chi connectivity index (χ0v) is 13.6. The summed E-state index contributed by atoms with van der Waals surface area (Å²) in [6.07, 6.45) is 0. The van der Waals surface area contributed by atoms with E-state index >= 15 is 0 Å². The van der Waals surface area contributed by atoms with E-state index in [2.05, 4.69) is 17.4 Å². The standard InChI is InChI=1S/C18H21NO2S/c1-15-7-5-6-10-17(15)21-13-18(20)19-11-12-22-14-16-8-3-2-4-9-16/h2-10H,11-14H2,1H3,(H,19,20).